The standard InChI is InChI=1S/C9H13F3N2O2S/c1-3-17-5(7(14)8(15)16-2)4-6(13)9(10,11)12/h4H,3,13-14H2,1-2H3/b6-4-,7-5+. The minimum absolute atomic E-state index is 0.0609. The van der Waals surface area contributed by atoms with E-state index < -0.39 is 23.5 Å². The minimum atomic E-state index is -4.66. The number of carbonyl (C=O) groups excluding carboxylic acids is 1. The molecule has 0 atom stereocenters. The molecule has 0 aromatic carbocycles. The van der Waals surface area contributed by atoms with Crippen molar-refractivity contribution < 1.29 is 22.7 Å². The maximum absolute atomic E-state index is 12.2. The third kappa shape index (κ3) is 5.03. The second kappa shape index (κ2) is 6.43. The molecule has 0 saturated carbocycles. The van der Waals surface area contributed by atoms with Gasteiger partial charge in [-0.05, 0) is 11.8 Å². The SMILES string of the molecule is CCSC(/C=C(\N)C(F)(F)F)=C(/N)C(=O)OC. The molecule has 0 aliphatic carbocycles. The molecule has 0 bridgehead atoms. The number of ether oxygens (including phenoxy) is 1. The van der Waals surface area contributed by atoms with Crippen molar-refractivity contribution in [2.45, 2.75) is 13.1 Å². The number of esters is 1. The van der Waals surface area contributed by atoms with Crippen LogP contribution in [0.2, 0.25) is 0 Å². The number of hydrogen-bond donors (Lipinski definition) is 2. The molecule has 17 heavy (non-hydrogen) atoms. The van der Waals surface area contributed by atoms with E-state index in [-0.39, 0.29) is 4.91 Å². The van der Waals surface area contributed by atoms with E-state index in [0.717, 1.165) is 18.9 Å². The molecule has 0 saturated heterocycles. The van der Waals surface area contributed by atoms with Crippen molar-refractivity contribution in [3.05, 3.63) is 22.4 Å². The number of thioether (sulfide) groups is 1. The highest BCUT2D eigenvalue weighted by molar-refractivity contribution is 8.03. The molecule has 0 fully saturated rings. The van der Waals surface area contributed by atoms with Crippen molar-refractivity contribution in [3.63, 3.8) is 0 Å². The van der Waals surface area contributed by atoms with E-state index in [4.69, 9.17) is 11.5 Å². The number of halogens is 3. The molecule has 0 aliphatic heterocycles. The Labute approximate surface area is 101 Å². The summed E-state index contributed by atoms with van der Waals surface area (Å²) >= 11 is 0.970. The van der Waals surface area contributed by atoms with E-state index in [2.05, 4.69) is 4.74 Å². The summed E-state index contributed by atoms with van der Waals surface area (Å²) in [5.74, 6) is -0.457. The molecule has 98 valence electrons. The Morgan fingerprint density at radius 3 is 2.29 bits per heavy atom. The van der Waals surface area contributed by atoms with E-state index >= 15 is 0 Å². The van der Waals surface area contributed by atoms with Crippen molar-refractivity contribution >= 4 is 17.7 Å². The zero-order valence-corrected chi connectivity index (χ0v) is 10.1. The number of allylic oxidation sites excluding steroid dienone is 2. The van der Waals surface area contributed by atoms with Gasteiger partial charge < -0.3 is 16.2 Å². The Hall–Kier alpha value is -1.31. The van der Waals surface area contributed by atoms with Gasteiger partial charge in [-0.2, -0.15) is 13.2 Å². The van der Waals surface area contributed by atoms with Crippen LogP contribution in [0.4, 0.5) is 13.2 Å². The number of methoxy groups -OCH3 is 1. The molecule has 4 N–H and O–H groups in total. The van der Waals surface area contributed by atoms with Gasteiger partial charge in [-0.25, -0.2) is 4.79 Å². The fraction of sp³-hybridized carbons (Fsp3) is 0.444. The summed E-state index contributed by atoms with van der Waals surface area (Å²) < 4.78 is 41.0. The lowest BCUT2D eigenvalue weighted by Crippen LogP contribution is -2.20. The van der Waals surface area contributed by atoms with E-state index in [1.54, 1.807) is 6.92 Å². The first-order valence-electron chi connectivity index (χ1n) is 4.49. The van der Waals surface area contributed by atoms with Crippen LogP contribution in [0.15, 0.2) is 22.4 Å². The van der Waals surface area contributed by atoms with E-state index in [1.165, 1.54) is 0 Å². The molecule has 0 aromatic rings. The molecule has 8 heteroatoms. The summed E-state index contributed by atoms with van der Waals surface area (Å²) in [5, 5.41) is 0. The Morgan fingerprint density at radius 2 is 1.94 bits per heavy atom. The Balaban J connectivity index is 5.33. The van der Waals surface area contributed by atoms with Crippen LogP contribution in [0.5, 0.6) is 0 Å². The fourth-order valence-corrected chi connectivity index (χ4v) is 1.55. The van der Waals surface area contributed by atoms with E-state index in [1.807, 2.05) is 0 Å². The lowest BCUT2D eigenvalue weighted by atomic mass is 10.3. The number of carbonyl (C=O) groups is 1. The van der Waals surface area contributed by atoms with Crippen LogP contribution in [0.1, 0.15) is 6.92 Å². The number of hydrogen-bond acceptors (Lipinski definition) is 5. The third-order valence-electron chi connectivity index (χ3n) is 1.58. The van der Waals surface area contributed by atoms with Crippen LogP contribution < -0.4 is 11.5 Å². The average Bonchev–Trinajstić information content (AvgIpc) is 2.25. The molecular formula is C9H13F3N2O2S. The minimum Gasteiger partial charge on any atom is -0.464 e. The molecule has 0 radical (unpaired) electrons. The first-order chi connectivity index (χ1) is 7.73. The molecule has 0 aliphatic rings. The topological polar surface area (TPSA) is 78.3 Å². The smallest absolute Gasteiger partial charge is 0.430 e. The van der Waals surface area contributed by atoms with Crippen LogP contribution >= 0.6 is 11.8 Å². The van der Waals surface area contributed by atoms with Crippen LogP contribution in [-0.2, 0) is 9.53 Å². The van der Waals surface area contributed by atoms with Crippen LogP contribution in [0.3, 0.4) is 0 Å². The molecule has 0 unspecified atom stereocenters. The maximum Gasteiger partial charge on any atom is 0.430 e. The highest BCUT2D eigenvalue weighted by Crippen LogP contribution is 2.27. The normalized spacial score (nSPS) is 14.3. The van der Waals surface area contributed by atoms with Crippen molar-refractivity contribution in [2.75, 3.05) is 12.9 Å². The molecule has 0 rings (SSSR count). The average molecular weight is 270 g/mol. The monoisotopic (exact) mass is 270 g/mol. The Morgan fingerprint density at radius 1 is 1.41 bits per heavy atom. The van der Waals surface area contributed by atoms with Crippen LogP contribution in [-0.4, -0.2) is 25.0 Å². The molecule has 0 aromatic heterocycles. The van der Waals surface area contributed by atoms with Gasteiger partial charge in [0.1, 0.15) is 11.4 Å². The van der Waals surface area contributed by atoms with Crippen LogP contribution in [0.25, 0.3) is 0 Å². The van der Waals surface area contributed by atoms with Gasteiger partial charge in [0.25, 0.3) is 0 Å². The number of rotatable bonds is 4. The Bertz CT molecular complexity index is 351. The van der Waals surface area contributed by atoms with E-state index in [0.29, 0.717) is 11.8 Å². The molecule has 4 nitrogen and oxygen atoms in total. The van der Waals surface area contributed by atoms with Gasteiger partial charge in [0, 0.05) is 4.91 Å². The molecule has 0 amide bonds. The van der Waals surface area contributed by atoms with E-state index in [9.17, 15) is 18.0 Å². The van der Waals surface area contributed by atoms with Crippen molar-refractivity contribution in [3.8, 4) is 0 Å². The van der Waals surface area contributed by atoms with Gasteiger partial charge in [0.2, 0.25) is 0 Å². The summed E-state index contributed by atoms with van der Waals surface area (Å²) in [5.41, 5.74) is 8.49. The second-order valence-corrected chi connectivity index (χ2v) is 4.11. The predicted molar refractivity (Wildman–Crippen MR) is 59.7 cm³/mol. The largest absolute Gasteiger partial charge is 0.464 e. The molecular weight excluding hydrogens is 257 g/mol. The quantitative estimate of drug-likeness (QED) is 0.459. The third-order valence-corrected chi connectivity index (χ3v) is 2.52. The zero-order valence-electron chi connectivity index (χ0n) is 9.30. The van der Waals surface area contributed by atoms with Crippen LogP contribution in [0, 0.1) is 0 Å². The second-order valence-electron chi connectivity index (χ2n) is 2.80. The number of nitrogens with two attached hydrogens (primary N) is 2. The molecule has 0 spiro atoms. The van der Waals surface area contributed by atoms with Crippen molar-refractivity contribution in [1.29, 1.82) is 0 Å². The fourth-order valence-electron chi connectivity index (χ4n) is 0.786. The summed E-state index contributed by atoms with van der Waals surface area (Å²) in [6.07, 6.45) is -4.03. The summed E-state index contributed by atoms with van der Waals surface area (Å²) in [4.78, 5) is 11.0. The highest BCUT2D eigenvalue weighted by atomic mass is 32.2. The first-order valence-corrected chi connectivity index (χ1v) is 5.47. The van der Waals surface area contributed by atoms with Gasteiger partial charge in [-0.3, -0.25) is 0 Å². The first kappa shape index (κ1) is 15.7. The maximum atomic E-state index is 12.2. The van der Waals surface area contributed by atoms with Gasteiger partial charge in [0.05, 0.1) is 7.11 Å². The lowest BCUT2D eigenvalue weighted by Gasteiger charge is -2.09. The van der Waals surface area contributed by atoms with Gasteiger partial charge in [-0.1, -0.05) is 6.92 Å². The van der Waals surface area contributed by atoms with Gasteiger partial charge in [-0.15, -0.1) is 11.8 Å². The summed E-state index contributed by atoms with van der Waals surface area (Å²) in [6, 6.07) is 0. The van der Waals surface area contributed by atoms with Crippen molar-refractivity contribution in [1.82, 2.24) is 0 Å². The highest BCUT2D eigenvalue weighted by Gasteiger charge is 2.31. The lowest BCUT2D eigenvalue weighted by molar-refractivity contribution is -0.136. The van der Waals surface area contributed by atoms with Gasteiger partial charge in [0.15, 0.2) is 0 Å². The molecule has 0 heterocycles. The van der Waals surface area contributed by atoms with Crippen molar-refractivity contribution in [2.24, 2.45) is 11.5 Å². The summed E-state index contributed by atoms with van der Waals surface area (Å²) in [6.45, 7) is 1.70. The van der Waals surface area contributed by atoms with Gasteiger partial charge >= 0.3 is 12.1 Å². The Kier molecular flexibility index (Phi) is 5.94. The number of alkyl halides is 3. The zero-order chi connectivity index (χ0) is 13.6. The summed E-state index contributed by atoms with van der Waals surface area (Å²) in [7, 11) is 1.08. The predicted octanol–water partition coefficient (Wildman–Crippen LogP) is 1.49.